The highest BCUT2D eigenvalue weighted by Crippen LogP contribution is 2.24. The standard InChI is InChI=1S/C17H19N3O2/c1-5-6-12-7-9-13(10-8-12)18-16(21)19-15-11-14(22-20-15)17(2,3)4/h7-11H,1-4H3,(H2,18,19,20,21). The van der Waals surface area contributed by atoms with Gasteiger partial charge in [-0.15, -0.1) is 5.92 Å². The van der Waals surface area contributed by atoms with Gasteiger partial charge < -0.3 is 9.84 Å². The number of carbonyl (C=O) groups is 1. The van der Waals surface area contributed by atoms with Gasteiger partial charge in [-0.05, 0) is 31.2 Å². The molecule has 2 amide bonds. The maximum absolute atomic E-state index is 11.9. The largest absolute Gasteiger partial charge is 0.359 e. The van der Waals surface area contributed by atoms with E-state index in [2.05, 4.69) is 27.6 Å². The Morgan fingerprint density at radius 3 is 2.41 bits per heavy atom. The van der Waals surface area contributed by atoms with E-state index >= 15 is 0 Å². The van der Waals surface area contributed by atoms with Crippen LogP contribution in [0.2, 0.25) is 0 Å². The molecule has 0 aliphatic rings. The summed E-state index contributed by atoms with van der Waals surface area (Å²) < 4.78 is 5.22. The summed E-state index contributed by atoms with van der Waals surface area (Å²) in [5.74, 6) is 6.87. The molecule has 0 unspecified atom stereocenters. The summed E-state index contributed by atoms with van der Waals surface area (Å²) in [6.07, 6.45) is 0. The van der Waals surface area contributed by atoms with Crippen LogP contribution >= 0.6 is 0 Å². The molecule has 0 fully saturated rings. The van der Waals surface area contributed by atoms with Crippen molar-refractivity contribution in [1.82, 2.24) is 5.16 Å². The second kappa shape index (κ2) is 6.35. The van der Waals surface area contributed by atoms with Crippen LogP contribution in [0.25, 0.3) is 0 Å². The number of hydrogen-bond acceptors (Lipinski definition) is 3. The molecule has 5 heteroatoms. The number of carbonyl (C=O) groups excluding carboxylic acids is 1. The lowest BCUT2D eigenvalue weighted by Gasteiger charge is -2.12. The fraction of sp³-hybridized carbons (Fsp3) is 0.294. The maximum Gasteiger partial charge on any atom is 0.324 e. The fourth-order valence-corrected chi connectivity index (χ4v) is 1.75. The highest BCUT2D eigenvalue weighted by atomic mass is 16.5. The summed E-state index contributed by atoms with van der Waals surface area (Å²) in [5, 5.41) is 9.21. The van der Waals surface area contributed by atoms with Crippen LogP contribution in [-0.2, 0) is 5.41 Å². The molecule has 2 rings (SSSR count). The number of anilines is 2. The lowest BCUT2D eigenvalue weighted by Crippen LogP contribution is -2.19. The summed E-state index contributed by atoms with van der Waals surface area (Å²) in [4.78, 5) is 11.9. The maximum atomic E-state index is 11.9. The van der Waals surface area contributed by atoms with E-state index in [0.29, 0.717) is 17.3 Å². The highest BCUT2D eigenvalue weighted by Gasteiger charge is 2.20. The summed E-state index contributed by atoms with van der Waals surface area (Å²) in [7, 11) is 0. The molecule has 0 atom stereocenters. The summed E-state index contributed by atoms with van der Waals surface area (Å²) in [6.45, 7) is 7.82. The van der Waals surface area contributed by atoms with E-state index in [4.69, 9.17) is 4.52 Å². The van der Waals surface area contributed by atoms with Crippen LogP contribution in [0.15, 0.2) is 34.9 Å². The molecule has 5 nitrogen and oxygen atoms in total. The minimum Gasteiger partial charge on any atom is -0.359 e. The zero-order valence-electron chi connectivity index (χ0n) is 13.2. The van der Waals surface area contributed by atoms with Crippen LogP contribution in [0, 0.1) is 11.8 Å². The van der Waals surface area contributed by atoms with E-state index in [0.717, 1.165) is 5.56 Å². The van der Waals surface area contributed by atoms with Gasteiger partial charge in [0.05, 0.1) is 0 Å². The van der Waals surface area contributed by atoms with Gasteiger partial charge in [0, 0.05) is 22.7 Å². The average molecular weight is 297 g/mol. The number of nitrogens with zero attached hydrogens (tertiary/aromatic N) is 1. The molecule has 2 N–H and O–H groups in total. The van der Waals surface area contributed by atoms with Crippen LogP contribution in [0.1, 0.15) is 39.0 Å². The van der Waals surface area contributed by atoms with Crippen molar-refractivity contribution in [2.45, 2.75) is 33.1 Å². The zero-order valence-corrected chi connectivity index (χ0v) is 13.2. The molecular weight excluding hydrogens is 278 g/mol. The Morgan fingerprint density at radius 1 is 1.18 bits per heavy atom. The van der Waals surface area contributed by atoms with Gasteiger partial charge in [0.2, 0.25) is 0 Å². The summed E-state index contributed by atoms with van der Waals surface area (Å²) in [6, 6.07) is 8.63. The van der Waals surface area contributed by atoms with E-state index < -0.39 is 0 Å². The minimum absolute atomic E-state index is 0.153. The van der Waals surface area contributed by atoms with E-state index in [9.17, 15) is 4.79 Å². The van der Waals surface area contributed by atoms with Crippen molar-refractivity contribution in [3.8, 4) is 11.8 Å². The van der Waals surface area contributed by atoms with Gasteiger partial charge in [0.25, 0.3) is 0 Å². The fourth-order valence-electron chi connectivity index (χ4n) is 1.75. The first kappa shape index (κ1) is 15.6. The molecule has 1 aromatic heterocycles. The van der Waals surface area contributed by atoms with Crippen molar-refractivity contribution in [3.63, 3.8) is 0 Å². The number of aromatic nitrogens is 1. The molecule has 2 aromatic rings. The van der Waals surface area contributed by atoms with Crippen LogP contribution in [0.3, 0.4) is 0 Å². The quantitative estimate of drug-likeness (QED) is 0.824. The van der Waals surface area contributed by atoms with Crippen LogP contribution in [0.5, 0.6) is 0 Å². The van der Waals surface area contributed by atoms with Crippen molar-refractivity contribution in [1.29, 1.82) is 0 Å². The molecule has 0 aliphatic carbocycles. The Bertz CT molecular complexity index is 713. The third kappa shape index (κ3) is 4.13. The Hall–Kier alpha value is -2.74. The van der Waals surface area contributed by atoms with Crippen LogP contribution < -0.4 is 10.6 Å². The van der Waals surface area contributed by atoms with Crippen LogP contribution in [-0.4, -0.2) is 11.2 Å². The van der Waals surface area contributed by atoms with Gasteiger partial charge in [0.15, 0.2) is 5.82 Å². The van der Waals surface area contributed by atoms with Gasteiger partial charge in [-0.3, -0.25) is 5.32 Å². The topological polar surface area (TPSA) is 67.2 Å². The molecule has 1 heterocycles. The Balaban J connectivity index is 1.97. The van der Waals surface area contributed by atoms with Gasteiger partial charge in [0.1, 0.15) is 5.76 Å². The number of benzene rings is 1. The van der Waals surface area contributed by atoms with E-state index in [1.807, 2.05) is 32.9 Å². The molecule has 114 valence electrons. The van der Waals surface area contributed by atoms with E-state index in [1.54, 1.807) is 25.1 Å². The summed E-state index contributed by atoms with van der Waals surface area (Å²) >= 11 is 0. The van der Waals surface area contributed by atoms with Crippen molar-refractivity contribution in [3.05, 3.63) is 41.7 Å². The third-order valence-electron chi connectivity index (χ3n) is 2.90. The number of hydrogen-bond donors (Lipinski definition) is 2. The highest BCUT2D eigenvalue weighted by molar-refractivity contribution is 5.99. The molecule has 0 spiro atoms. The van der Waals surface area contributed by atoms with Crippen molar-refractivity contribution in [2.24, 2.45) is 0 Å². The molecule has 1 aromatic carbocycles. The Morgan fingerprint density at radius 2 is 1.86 bits per heavy atom. The lowest BCUT2D eigenvalue weighted by atomic mass is 9.93. The van der Waals surface area contributed by atoms with Gasteiger partial charge >= 0.3 is 6.03 Å². The third-order valence-corrected chi connectivity index (χ3v) is 2.90. The van der Waals surface area contributed by atoms with Crippen molar-refractivity contribution >= 4 is 17.5 Å². The minimum atomic E-state index is -0.372. The van der Waals surface area contributed by atoms with Gasteiger partial charge in [-0.1, -0.05) is 31.8 Å². The van der Waals surface area contributed by atoms with Gasteiger partial charge in [-0.2, -0.15) is 0 Å². The normalized spacial score (nSPS) is 10.5. The average Bonchev–Trinajstić information content (AvgIpc) is 2.89. The van der Waals surface area contributed by atoms with Crippen LogP contribution in [0.4, 0.5) is 16.3 Å². The smallest absolute Gasteiger partial charge is 0.324 e. The lowest BCUT2D eigenvalue weighted by molar-refractivity contribution is 0.262. The zero-order chi connectivity index (χ0) is 16.2. The molecule has 22 heavy (non-hydrogen) atoms. The Labute approximate surface area is 130 Å². The molecule has 0 saturated heterocycles. The Kier molecular flexibility index (Phi) is 4.52. The van der Waals surface area contributed by atoms with Crippen molar-refractivity contribution < 1.29 is 9.32 Å². The predicted molar refractivity (Wildman–Crippen MR) is 86.8 cm³/mol. The molecule has 0 saturated carbocycles. The SMILES string of the molecule is CC#Cc1ccc(NC(=O)Nc2cc(C(C)(C)C)on2)cc1. The molecule has 0 aliphatic heterocycles. The predicted octanol–water partition coefficient (Wildman–Crippen LogP) is 3.99. The second-order valence-corrected chi connectivity index (χ2v) is 5.86. The molecule has 0 radical (unpaired) electrons. The number of rotatable bonds is 2. The molecular formula is C17H19N3O2. The number of nitrogens with one attached hydrogen (secondary N) is 2. The second-order valence-electron chi connectivity index (χ2n) is 5.86. The monoisotopic (exact) mass is 297 g/mol. The van der Waals surface area contributed by atoms with Gasteiger partial charge in [-0.25, -0.2) is 4.79 Å². The first-order valence-corrected chi connectivity index (χ1v) is 6.96. The first-order valence-electron chi connectivity index (χ1n) is 6.96. The number of urea groups is 1. The first-order chi connectivity index (χ1) is 10.4. The number of amides is 2. The van der Waals surface area contributed by atoms with Crippen molar-refractivity contribution in [2.75, 3.05) is 10.6 Å². The molecule has 0 bridgehead atoms. The van der Waals surface area contributed by atoms with E-state index in [1.165, 1.54) is 0 Å². The van der Waals surface area contributed by atoms with E-state index in [-0.39, 0.29) is 11.4 Å². The summed E-state index contributed by atoms with van der Waals surface area (Å²) in [5.41, 5.74) is 1.43.